The van der Waals surface area contributed by atoms with E-state index in [1.165, 1.54) is 33.5 Å². The Kier molecular flexibility index (Phi) is 9.98. The molecule has 6 atom stereocenters. The fraction of sp³-hybridized carbons (Fsp3) is 0.256. The lowest BCUT2D eigenvalue weighted by molar-refractivity contribution is -0.125. The number of carbonyl (C=O) groups excluding carboxylic acids is 4. The Morgan fingerprint density at radius 1 is 0.717 bits per heavy atom. The first-order valence-corrected chi connectivity index (χ1v) is 19.0. The number of phenols is 1. The van der Waals surface area contributed by atoms with Gasteiger partial charge in [-0.3, -0.25) is 24.1 Å². The monoisotopic (exact) mass is 868 g/mol. The molecule has 2 saturated heterocycles. The number of allylic oxidation sites excluding steroid dienone is 2. The predicted molar refractivity (Wildman–Crippen MR) is 208 cm³/mol. The first-order chi connectivity index (χ1) is 28.5. The van der Waals surface area contributed by atoms with E-state index in [-0.39, 0.29) is 39.6 Å². The van der Waals surface area contributed by atoms with Crippen LogP contribution in [0.1, 0.15) is 35.4 Å². The van der Waals surface area contributed by atoms with E-state index in [0.717, 1.165) is 16.5 Å². The maximum atomic E-state index is 15.4. The molecule has 2 heterocycles. The zero-order valence-electron chi connectivity index (χ0n) is 31.6. The van der Waals surface area contributed by atoms with E-state index in [0.29, 0.717) is 17.1 Å². The summed E-state index contributed by atoms with van der Waals surface area (Å²) in [4.78, 5) is 53.0. The standard InChI is InChI=1S/C43H31Cl2F5N2O8/c1-58-23-11-15-28(59-2)20(16-23)7-4-19-5-8-21(9-6-19)51-38(54)26-14-13-24-27(30(26)39(51)55)18-42(44)40(56)52(37-35(49)33(47)32(46)34(48)36(37)50)41(57)43(42,45)31(24)25-12-10-22(53)17-29(25)60-3/h4-13,15-17,26-27,30-31,53H,14,18H2,1-3H3. The van der Waals surface area contributed by atoms with Crippen LogP contribution in [0.2, 0.25) is 0 Å². The van der Waals surface area contributed by atoms with E-state index >= 15 is 8.78 Å². The smallest absolute Gasteiger partial charge is 0.258 e. The Labute approximate surface area is 348 Å². The number of amides is 4. The minimum absolute atomic E-state index is 0.0222. The molecule has 8 rings (SSSR count). The lowest BCUT2D eigenvalue weighted by Gasteiger charge is -2.50. The molecule has 1 saturated carbocycles. The van der Waals surface area contributed by atoms with Gasteiger partial charge in [0.05, 0.1) is 38.9 Å². The van der Waals surface area contributed by atoms with Gasteiger partial charge in [0.2, 0.25) is 17.6 Å². The Balaban J connectivity index is 1.20. The Hall–Kier alpha value is -5.93. The molecule has 4 aromatic carbocycles. The lowest BCUT2D eigenvalue weighted by atomic mass is 9.56. The number of hydrogen-bond donors (Lipinski definition) is 1. The molecule has 1 N–H and O–H groups in total. The van der Waals surface area contributed by atoms with Crippen LogP contribution in [0.15, 0.2) is 72.3 Å². The van der Waals surface area contributed by atoms with E-state index < -0.39 is 98.2 Å². The number of hydrogen-bond acceptors (Lipinski definition) is 8. The van der Waals surface area contributed by atoms with Crippen molar-refractivity contribution in [3.8, 4) is 23.0 Å². The van der Waals surface area contributed by atoms with Crippen molar-refractivity contribution in [2.24, 2.45) is 17.8 Å². The summed E-state index contributed by atoms with van der Waals surface area (Å²) in [5.74, 6) is -21.0. The Morgan fingerprint density at radius 3 is 2.00 bits per heavy atom. The SMILES string of the molecule is COc1ccc(OC)c(C=Cc2ccc(N3C(=O)C4CC=C5C(CC6(Cl)C(=O)N(c7c(F)c(F)c(F)c(F)c7F)C(=O)C6(Cl)C5c5ccc(O)cc5OC)C4C3=O)cc2)c1. The number of benzene rings is 4. The summed E-state index contributed by atoms with van der Waals surface area (Å²) in [6.07, 6.45) is 4.41. The molecule has 2 aliphatic carbocycles. The number of fused-ring (bicyclic) bond motifs is 4. The number of methoxy groups -OCH3 is 3. The van der Waals surface area contributed by atoms with Gasteiger partial charge in [-0.2, -0.15) is 0 Å². The maximum absolute atomic E-state index is 15.4. The van der Waals surface area contributed by atoms with Crippen molar-refractivity contribution in [3.63, 3.8) is 0 Å². The third-order valence-electron chi connectivity index (χ3n) is 11.8. The number of anilines is 2. The molecule has 0 radical (unpaired) electrons. The highest BCUT2D eigenvalue weighted by Gasteiger charge is 2.77. The zero-order chi connectivity index (χ0) is 43.2. The van der Waals surface area contributed by atoms with Gasteiger partial charge >= 0.3 is 0 Å². The second kappa shape index (κ2) is 14.7. The summed E-state index contributed by atoms with van der Waals surface area (Å²) in [6, 6.07) is 15.5. The normalized spacial score (nSPS) is 26.0. The Bertz CT molecular complexity index is 2580. The summed E-state index contributed by atoms with van der Waals surface area (Å²) in [7, 11) is 4.29. The Morgan fingerprint density at radius 2 is 1.37 bits per heavy atom. The number of nitrogens with zero attached hydrogens (tertiary/aromatic N) is 2. The average molecular weight is 870 g/mol. The van der Waals surface area contributed by atoms with Gasteiger partial charge in [0.1, 0.15) is 28.7 Å². The first kappa shape index (κ1) is 40.8. The number of phenolic OH excluding ortho intramolecular Hbond substituents is 1. The van der Waals surface area contributed by atoms with Crippen molar-refractivity contribution in [2.45, 2.75) is 28.5 Å². The molecular weight excluding hydrogens is 838 g/mol. The van der Waals surface area contributed by atoms with E-state index in [2.05, 4.69) is 0 Å². The van der Waals surface area contributed by atoms with Crippen molar-refractivity contribution in [1.29, 1.82) is 0 Å². The summed E-state index contributed by atoms with van der Waals surface area (Å²) < 4.78 is 90.3. The average Bonchev–Trinajstić information content (AvgIpc) is 3.59. The van der Waals surface area contributed by atoms with Gasteiger partial charge in [0.25, 0.3) is 11.8 Å². The van der Waals surface area contributed by atoms with Crippen molar-refractivity contribution in [3.05, 3.63) is 118 Å². The largest absolute Gasteiger partial charge is 0.508 e. The van der Waals surface area contributed by atoms with Gasteiger partial charge in [-0.25, -0.2) is 26.9 Å². The van der Waals surface area contributed by atoms with E-state index in [1.54, 1.807) is 60.7 Å². The van der Waals surface area contributed by atoms with Crippen LogP contribution in [0, 0.1) is 46.8 Å². The highest BCUT2D eigenvalue weighted by molar-refractivity contribution is 6.58. The molecule has 4 aromatic rings. The summed E-state index contributed by atoms with van der Waals surface area (Å²) >= 11 is 14.4. The van der Waals surface area contributed by atoms with Crippen LogP contribution in [0.5, 0.6) is 23.0 Å². The van der Waals surface area contributed by atoms with Crippen LogP contribution in [0.4, 0.5) is 33.3 Å². The van der Waals surface area contributed by atoms with Crippen LogP contribution < -0.4 is 24.0 Å². The number of carbonyl (C=O) groups is 4. The van der Waals surface area contributed by atoms with Crippen molar-refractivity contribution in [1.82, 2.24) is 0 Å². The summed E-state index contributed by atoms with van der Waals surface area (Å²) in [6.45, 7) is 0. The van der Waals surface area contributed by atoms with Gasteiger partial charge in [0.15, 0.2) is 33.0 Å². The molecule has 6 unspecified atom stereocenters. The first-order valence-electron chi connectivity index (χ1n) is 18.3. The van der Waals surface area contributed by atoms with Gasteiger partial charge in [-0.05, 0) is 60.7 Å². The molecule has 2 aliphatic heterocycles. The fourth-order valence-corrected chi connectivity index (χ4v) is 9.92. The molecule has 4 aliphatic rings. The number of imide groups is 2. The maximum Gasteiger partial charge on any atom is 0.258 e. The van der Waals surface area contributed by atoms with E-state index in [4.69, 9.17) is 37.4 Å². The highest BCUT2D eigenvalue weighted by atomic mass is 35.5. The lowest BCUT2D eigenvalue weighted by Crippen LogP contribution is -2.60. The third-order valence-corrected chi connectivity index (χ3v) is 13.2. The minimum Gasteiger partial charge on any atom is -0.508 e. The molecule has 60 heavy (non-hydrogen) atoms. The van der Waals surface area contributed by atoms with Gasteiger partial charge < -0.3 is 19.3 Å². The number of ether oxygens (including phenoxy) is 3. The number of aromatic hydroxyl groups is 1. The molecule has 10 nitrogen and oxygen atoms in total. The van der Waals surface area contributed by atoms with Gasteiger partial charge in [-0.1, -0.05) is 42.0 Å². The molecule has 0 aromatic heterocycles. The second-order valence-corrected chi connectivity index (χ2v) is 15.9. The molecule has 4 amide bonds. The molecular formula is C43H31Cl2F5N2O8. The summed E-state index contributed by atoms with van der Waals surface area (Å²) in [5.41, 5.74) is 0.0114. The quantitative estimate of drug-likeness (QED) is 0.0359. The van der Waals surface area contributed by atoms with Crippen LogP contribution >= 0.6 is 23.2 Å². The van der Waals surface area contributed by atoms with Crippen LogP contribution in [-0.2, 0) is 19.2 Å². The zero-order valence-corrected chi connectivity index (χ0v) is 33.1. The van der Waals surface area contributed by atoms with Crippen molar-refractivity contribution in [2.75, 3.05) is 31.1 Å². The molecule has 0 spiro atoms. The molecule has 3 fully saturated rings. The molecule has 0 bridgehead atoms. The van der Waals surface area contributed by atoms with Crippen molar-refractivity contribution >= 4 is 70.4 Å². The second-order valence-electron chi connectivity index (χ2n) is 14.7. The number of halogens is 7. The van der Waals surface area contributed by atoms with Crippen molar-refractivity contribution < 1.29 is 60.4 Å². The van der Waals surface area contributed by atoms with E-state index in [9.17, 15) is 37.5 Å². The predicted octanol–water partition coefficient (Wildman–Crippen LogP) is 8.05. The molecule has 17 heteroatoms. The van der Waals surface area contributed by atoms with Crippen LogP contribution in [-0.4, -0.2) is 59.8 Å². The van der Waals surface area contributed by atoms with Gasteiger partial charge in [-0.15, -0.1) is 23.2 Å². The fourth-order valence-electron chi connectivity index (χ4n) is 9.00. The highest BCUT2D eigenvalue weighted by Crippen LogP contribution is 2.67. The van der Waals surface area contributed by atoms with Crippen LogP contribution in [0.3, 0.4) is 0 Å². The summed E-state index contributed by atoms with van der Waals surface area (Å²) in [5, 5.41) is 10.3. The minimum atomic E-state index is -2.76. The molecule has 310 valence electrons. The van der Waals surface area contributed by atoms with Gasteiger partial charge in [0, 0.05) is 23.1 Å². The topological polar surface area (TPSA) is 123 Å². The number of rotatable bonds is 8. The van der Waals surface area contributed by atoms with E-state index in [1.807, 2.05) is 0 Å². The third kappa shape index (κ3) is 5.72. The van der Waals surface area contributed by atoms with Crippen LogP contribution in [0.25, 0.3) is 12.2 Å². The number of alkyl halides is 2.